The van der Waals surface area contributed by atoms with Crippen molar-refractivity contribution in [1.29, 1.82) is 0 Å². The zero-order valence-electron chi connectivity index (χ0n) is 16.3. The summed E-state index contributed by atoms with van der Waals surface area (Å²) in [4.78, 5) is 0.335. The number of nitrogens with zero attached hydrogens (tertiary/aromatic N) is 4. The molecule has 0 spiro atoms. The molecule has 1 saturated heterocycles. The molecule has 148 valence electrons. The minimum absolute atomic E-state index is 0.335. The summed E-state index contributed by atoms with van der Waals surface area (Å²) < 4.78 is 29.4. The monoisotopic (exact) mass is 408 g/mol. The summed E-state index contributed by atoms with van der Waals surface area (Å²) in [6.07, 6.45) is 2.99. The van der Waals surface area contributed by atoms with E-state index in [4.69, 9.17) is 0 Å². The van der Waals surface area contributed by atoms with Crippen molar-refractivity contribution in [3.05, 3.63) is 24.3 Å². The van der Waals surface area contributed by atoms with E-state index in [1.165, 1.54) is 0 Å². The molecule has 0 amide bonds. The zero-order chi connectivity index (χ0) is 19.4. The average Bonchev–Trinajstić information content (AvgIpc) is 3.31. The molecule has 0 unspecified atom stereocenters. The summed E-state index contributed by atoms with van der Waals surface area (Å²) in [7, 11) is -3.44. The molecule has 2 aromatic rings. The molecule has 0 N–H and O–H groups in total. The van der Waals surface area contributed by atoms with Crippen LogP contribution in [0.4, 0.5) is 0 Å². The normalized spacial score (nSPS) is 15.7. The predicted molar refractivity (Wildman–Crippen MR) is 109 cm³/mol. The molecule has 1 aromatic carbocycles. The molecule has 6 nitrogen and oxygen atoms in total. The lowest BCUT2D eigenvalue weighted by molar-refractivity contribution is 0.477. The van der Waals surface area contributed by atoms with Crippen LogP contribution in [0.15, 0.2) is 34.3 Å². The molecular formula is C19H28N4O2S2. The van der Waals surface area contributed by atoms with Gasteiger partial charge in [0, 0.05) is 31.0 Å². The van der Waals surface area contributed by atoms with E-state index in [0.717, 1.165) is 48.1 Å². The zero-order valence-corrected chi connectivity index (χ0v) is 17.9. The van der Waals surface area contributed by atoms with Crippen molar-refractivity contribution >= 4 is 21.8 Å². The van der Waals surface area contributed by atoms with E-state index in [-0.39, 0.29) is 0 Å². The first kappa shape index (κ1) is 20.4. The maximum absolute atomic E-state index is 12.9. The smallest absolute Gasteiger partial charge is 0.243 e. The molecule has 1 aliphatic rings. The predicted octanol–water partition coefficient (Wildman–Crippen LogP) is 3.89. The number of rotatable bonds is 8. The summed E-state index contributed by atoms with van der Waals surface area (Å²) in [6.45, 7) is 8.44. The average molecular weight is 409 g/mol. The van der Waals surface area contributed by atoms with Crippen molar-refractivity contribution in [3.63, 3.8) is 0 Å². The summed E-state index contributed by atoms with van der Waals surface area (Å²) in [5.74, 6) is 2.38. The topological polar surface area (TPSA) is 68.1 Å². The minimum atomic E-state index is -3.44. The lowest BCUT2D eigenvalue weighted by atomic mass is 10.2. The van der Waals surface area contributed by atoms with E-state index in [0.29, 0.717) is 23.9 Å². The van der Waals surface area contributed by atoms with Gasteiger partial charge in [0.15, 0.2) is 11.0 Å². The highest BCUT2D eigenvalue weighted by Crippen LogP contribution is 2.28. The molecule has 0 bridgehead atoms. The van der Waals surface area contributed by atoms with E-state index >= 15 is 0 Å². The molecule has 0 atom stereocenters. The summed E-state index contributed by atoms with van der Waals surface area (Å²) >= 11 is 1.71. The first-order chi connectivity index (χ1) is 12.9. The number of aromatic nitrogens is 3. The Hall–Kier alpha value is -1.38. The van der Waals surface area contributed by atoms with Crippen LogP contribution in [0.3, 0.4) is 0 Å². The third kappa shape index (κ3) is 4.55. The van der Waals surface area contributed by atoms with Crippen molar-refractivity contribution in [2.75, 3.05) is 18.8 Å². The summed E-state index contributed by atoms with van der Waals surface area (Å²) in [5, 5.41) is 9.59. The molecule has 27 heavy (non-hydrogen) atoms. The van der Waals surface area contributed by atoms with Crippen molar-refractivity contribution in [1.82, 2.24) is 19.1 Å². The molecular weight excluding hydrogens is 380 g/mol. The van der Waals surface area contributed by atoms with Crippen LogP contribution in [-0.4, -0.2) is 46.3 Å². The van der Waals surface area contributed by atoms with Gasteiger partial charge in [-0.05, 0) is 44.2 Å². The maximum Gasteiger partial charge on any atom is 0.243 e. The van der Waals surface area contributed by atoms with Crippen LogP contribution in [0.2, 0.25) is 0 Å². The van der Waals surface area contributed by atoms with E-state index < -0.39 is 10.0 Å². The van der Waals surface area contributed by atoms with Gasteiger partial charge < -0.3 is 4.57 Å². The Kier molecular flexibility index (Phi) is 6.60. The molecule has 2 heterocycles. The third-order valence-corrected chi connectivity index (χ3v) is 7.65. The largest absolute Gasteiger partial charge is 0.302 e. The van der Waals surface area contributed by atoms with Crippen molar-refractivity contribution in [2.45, 2.75) is 56.6 Å². The Labute approximate surface area is 166 Å². The van der Waals surface area contributed by atoms with Gasteiger partial charge in [-0.15, -0.1) is 10.2 Å². The highest BCUT2D eigenvalue weighted by Gasteiger charge is 2.27. The molecule has 3 rings (SSSR count). The molecule has 1 aliphatic heterocycles. The summed E-state index contributed by atoms with van der Waals surface area (Å²) in [5.41, 5.74) is 0.792. The Morgan fingerprint density at radius 3 is 2.59 bits per heavy atom. The van der Waals surface area contributed by atoms with Crippen LogP contribution in [0, 0.1) is 5.92 Å². The van der Waals surface area contributed by atoms with Crippen LogP contribution in [0.25, 0.3) is 11.4 Å². The van der Waals surface area contributed by atoms with Gasteiger partial charge >= 0.3 is 0 Å². The lowest BCUT2D eigenvalue weighted by Crippen LogP contribution is -2.27. The Balaban J connectivity index is 1.87. The number of hydrogen-bond acceptors (Lipinski definition) is 5. The van der Waals surface area contributed by atoms with Gasteiger partial charge in [-0.2, -0.15) is 4.31 Å². The third-order valence-electron chi connectivity index (χ3n) is 4.75. The van der Waals surface area contributed by atoms with Crippen LogP contribution in [0.5, 0.6) is 0 Å². The van der Waals surface area contributed by atoms with Gasteiger partial charge in [-0.25, -0.2) is 8.42 Å². The first-order valence-electron chi connectivity index (χ1n) is 9.60. The highest BCUT2D eigenvalue weighted by atomic mass is 32.2. The van der Waals surface area contributed by atoms with Gasteiger partial charge in [0.1, 0.15) is 0 Å². The fourth-order valence-electron chi connectivity index (χ4n) is 3.15. The standard InChI is InChI=1S/C19H28N4O2S2/c1-4-23-18(20-21-19(23)26-13-10-15(2)3)16-8-7-9-17(14-16)27(24,25)22-11-5-6-12-22/h7-9,14-15H,4-6,10-13H2,1-3H3. The second-order valence-electron chi connectivity index (χ2n) is 7.22. The van der Waals surface area contributed by atoms with Crippen LogP contribution >= 0.6 is 11.8 Å². The first-order valence-corrected chi connectivity index (χ1v) is 12.0. The maximum atomic E-state index is 12.9. The summed E-state index contributed by atoms with van der Waals surface area (Å²) in [6, 6.07) is 7.09. The Morgan fingerprint density at radius 1 is 1.19 bits per heavy atom. The Morgan fingerprint density at radius 2 is 1.93 bits per heavy atom. The number of thioether (sulfide) groups is 1. The molecule has 8 heteroatoms. The van der Waals surface area contributed by atoms with Gasteiger partial charge in [0.2, 0.25) is 10.0 Å². The molecule has 1 fully saturated rings. The van der Waals surface area contributed by atoms with E-state index in [9.17, 15) is 8.42 Å². The lowest BCUT2D eigenvalue weighted by Gasteiger charge is -2.16. The van der Waals surface area contributed by atoms with E-state index in [2.05, 4.69) is 35.5 Å². The number of sulfonamides is 1. The van der Waals surface area contributed by atoms with Crippen LogP contribution in [-0.2, 0) is 16.6 Å². The van der Waals surface area contributed by atoms with Crippen LogP contribution in [0.1, 0.15) is 40.0 Å². The molecule has 0 aliphatic carbocycles. The fraction of sp³-hybridized carbons (Fsp3) is 0.579. The quantitative estimate of drug-likeness (QED) is 0.620. The van der Waals surface area contributed by atoms with Gasteiger partial charge in [-0.3, -0.25) is 0 Å². The van der Waals surface area contributed by atoms with Gasteiger partial charge in [-0.1, -0.05) is 37.7 Å². The van der Waals surface area contributed by atoms with E-state index in [1.54, 1.807) is 34.3 Å². The minimum Gasteiger partial charge on any atom is -0.302 e. The number of benzene rings is 1. The van der Waals surface area contributed by atoms with E-state index in [1.807, 2.05) is 6.07 Å². The second-order valence-corrected chi connectivity index (χ2v) is 10.2. The molecule has 0 radical (unpaired) electrons. The second kappa shape index (κ2) is 8.75. The van der Waals surface area contributed by atoms with Gasteiger partial charge in [0.25, 0.3) is 0 Å². The SMILES string of the molecule is CCn1c(SCCC(C)C)nnc1-c1cccc(S(=O)(=O)N2CCCC2)c1. The number of hydrogen-bond donors (Lipinski definition) is 0. The molecule has 0 saturated carbocycles. The fourth-order valence-corrected chi connectivity index (χ4v) is 5.96. The van der Waals surface area contributed by atoms with Crippen molar-refractivity contribution in [3.8, 4) is 11.4 Å². The van der Waals surface area contributed by atoms with Gasteiger partial charge in [0.05, 0.1) is 4.90 Å². The van der Waals surface area contributed by atoms with Crippen molar-refractivity contribution in [2.24, 2.45) is 5.92 Å². The van der Waals surface area contributed by atoms with Crippen molar-refractivity contribution < 1.29 is 8.42 Å². The molecule has 1 aromatic heterocycles. The van der Waals surface area contributed by atoms with Crippen LogP contribution < -0.4 is 0 Å². The highest BCUT2D eigenvalue weighted by molar-refractivity contribution is 7.99. The Bertz CT molecular complexity index is 872.